The molecule has 0 fully saturated rings. The van der Waals surface area contributed by atoms with Crippen LogP contribution in [-0.4, -0.2) is 30.5 Å². The summed E-state index contributed by atoms with van der Waals surface area (Å²) in [6.45, 7) is 2.03. The number of hydrogen-bond donors (Lipinski definition) is 1. The Balaban J connectivity index is 1.76. The van der Waals surface area contributed by atoms with Gasteiger partial charge in [0.1, 0.15) is 18.2 Å². The zero-order chi connectivity index (χ0) is 27.7. The van der Waals surface area contributed by atoms with E-state index in [2.05, 4.69) is 5.32 Å². The summed E-state index contributed by atoms with van der Waals surface area (Å²) in [6.07, 6.45) is 1.41. The van der Waals surface area contributed by atoms with Crippen molar-refractivity contribution in [2.45, 2.75) is 13.5 Å². The van der Waals surface area contributed by atoms with Gasteiger partial charge >= 0.3 is 5.97 Å². The van der Waals surface area contributed by atoms with E-state index in [-0.39, 0.29) is 24.5 Å². The highest BCUT2D eigenvalue weighted by Crippen LogP contribution is 2.35. The van der Waals surface area contributed by atoms with Crippen molar-refractivity contribution >= 4 is 51.9 Å². The van der Waals surface area contributed by atoms with Gasteiger partial charge in [-0.1, -0.05) is 12.1 Å². The number of hydrogen-bond acceptors (Lipinski definition) is 8. The fourth-order valence-electron chi connectivity index (χ4n) is 3.30. The number of carbonyl (C=O) groups is 2. The van der Waals surface area contributed by atoms with Crippen LogP contribution in [0, 0.1) is 25.0 Å². The molecule has 0 aromatic heterocycles. The number of methoxy groups -OCH3 is 1. The molecule has 194 valence electrons. The van der Waals surface area contributed by atoms with Crippen molar-refractivity contribution in [1.29, 1.82) is 5.26 Å². The average Bonchev–Trinajstić information content (AvgIpc) is 2.91. The van der Waals surface area contributed by atoms with Gasteiger partial charge in [-0.25, -0.2) is 4.79 Å². The summed E-state index contributed by atoms with van der Waals surface area (Å²) in [6, 6.07) is 17.5. The molecule has 3 rings (SSSR count). The van der Waals surface area contributed by atoms with Gasteiger partial charge in [0.05, 0.1) is 27.8 Å². The van der Waals surface area contributed by atoms with Crippen molar-refractivity contribution in [1.82, 2.24) is 0 Å². The van der Waals surface area contributed by atoms with Gasteiger partial charge in [0.25, 0.3) is 11.6 Å². The molecule has 0 aliphatic heterocycles. The maximum Gasteiger partial charge on any atom is 0.338 e. The highest BCUT2D eigenvalue weighted by molar-refractivity contribution is 14.1. The number of amides is 1. The van der Waals surface area contributed by atoms with Gasteiger partial charge in [-0.15, -0.1) is 0 Å². The van der Waals surface area contributed by atoms with Crippen LogP contribution in [-0.2, 0) is 16.1 Å². The molecule has 0 atom stereocenters. The first-order valence-corrected chi connectivity index (χ1v) is 12.3. The molecule has 3 aromatic rings. The lowest BCUT2D eigenvalue weighted by molar-refractivity contribution is -0.384. The third-order valence-electron chi connectivity index (χ3n) is 5.09. The SMILES string of the molecule is CCOC(=O)c1ccc(NC(=O)/C(C#N)=C/c2cc(I)c(OCc3cccc([N+](=O)[O-])c3)c(OC)c2)cc1. The van der Waals surface area contributed by atoms with Crippen molar-refractivity contribution in [2.24, 2.45) is 0 Å². The molecular weight excluding hydrogens is 605 g/mol. The fraction of sp³-hybridized carbons (Fsp3) is 0.148. The summed E-state index contributed by atoms with van der Waals surface area (Å²) in [5.41, 5.74) is 1.70. The molecule has 10 nitrogen and oxygen atoms in total. The number of ether oxygens (including phenoxy) is 3. The minimum Gasteiger partial charge on any atom is -0.493 e. The monoisotopic (exact) mass is 627 g/mol. The Kier molecular flexibility index (Phi) is 9.78. The fourth-order valence-corrected chi connectivity index (χ4v) is 4.08. The van der Waals surface area contributed by atoms with E-state index in [0.29, 0.717) is 37.4 Å². The minimum absolute atomic E-state index is 0.0366. The maximum absolute atomic E-state index is 12.7. The Morgan fingerprint density at radius 3 is 2.53 bits per heavy atom. The summed E-state index contributed by atoms with van der Waals surface area (Å²) >= 11 is 2.04. The number of nitrogens with one attached hydrogen (secondary N) is 1. The molecule has 38 heavy (non-hydrogen) atoms. The number of nitro benzene ring substituents is 1. The van der Waals surface area contributed by atoms with Crippen molar-refractivity contribution in [2.75, 3.05) is 19.0 Å². The first kappa shape index (κ1) is 28.1. The molecule has 0 aliphatic rings. The number of anilines is 1. The molecule has 11 heteroatoms. The lowest BCUT2D eigenvalue weighted by Gasteiger charge is -2.14. The van der Waals surface area contributed by atoms with Gasteiger partial charge in [0, 0.05) is 17.8 Å². The Morgan fingerprint density at radius 2 is 1.89 bits per heavy atom. The van der Waals surface area contributed by atoms with Crippen LogP contribution in [0.2, 0.25) is 0 Å². The Labute approximate surface area is 232 Å². The van der Waals surface area contributed by atoms with Crippen LogP contribution in [0.15, 0.2) is 66.2 Å². The van der Waals surface area contributed by atoms with Crippen LogP contribution in [0.3, 0.4) is 0 Å². The van der Waals surface area contributed by atoms with E-state index < -0.39 is 16.8 Å². The number of nitrogens with zero attached hydrogens (tertiary/aromatic N) is 2. The average molecular weight is 627 g/mol. The van der Waals surface area contributed by atoms with Crippen LogP contribution < -0.4 is 14.8 Å². The second kappa shape index (κ2) is 13.2. The van der Waals surface area contributed by atoms with Crippen molar-refractivity contribution in [3.05, 3.63) is 96.6 Å². The molecular formula is C27H22IN3O7. The number of non-ortho nitro benzene ring substituents is 1. The summed E-state index contributed by atoms with van der Waals surface area (Å²) < 4.78 is 16.9. The largest absolute Gasteiger partial charge is 0.493 e. The molecule has 0 heterocycles. The van der Waals surface area contributed by atoms with Gasteiger partial charge in [-0.05, 0) is 83.1 Å². The Bertz CT molecular complexity index is 1430. The molecule has 0 saturated carbocycles. The second-order valence-corrected chi connectivity index (χ2v) is 8.83. The van der Waals surface area contributed by atoms with Gasteiger partial charge in [-0.2, -0.15) is 5.26 Å². The van der Waals surface area contributed by atoms with Crippen molar-refractivity contribution < 1.29 is 28.7 Å². The molecule has 0 radical (unpaired) electrons. The molecule has 0 unspecified atom stereocenters. The first-order chi connectivity index (χ1) is 18.2. The minimum atomic E-state index is -0.628. The van der Waals surface area contributed by atoms with Crippen molar-refractivity contribution in [3.8, 4) is 17.6 Å². The smallest absolute Gasteiger partial charge is 0.338 e. The lowest BCUT2D eigenvalue weighted by Crippen LogP contribution is -2.13. The topological polar surface area (TPSA) is 141 Å². The van der Waals surface area contributed by atoms with E-state index in [4.69, 9.17) is 14.2 Å². The Hall–Kier alpha value is -4.44. The highest BCUT2D eigenvalue weighted by Gasteiger charge is 2.15. The van der Waals surface area contributed by atoms with Crippen LogP contribution in [0.4, 0.5) is 11.4 Å². The summed E-state index contributed by atoms with van der Waals surface area (Å²) in [5, 5.41) is 23.2. The Morgan fingerprint density at radius 1 is 1.16 bits per heavy atom. The number of halogens is 1. The summed E-state index contributed by atoms with van der Waals surface area (Å²) in [7, 11) is 1.46. The van der Waals surface area contributed by atoms with Gasteiger partial charge in [0.15, 0.2) is 11.5 Å². The standard InChI is InChI=1S/C27H22IN3O7/c1-3-37-27(33)19-7-9-21(10-8-19)30-26(32)20(15-29)11-18-13-23(28)25(24(14-18)36-2)38-16-17-5-4-6-22(12-17)31(34)35/h4-14H,3,16H2,1-2H3,(H,30,32)/b20-11+. The van der Waals surface area contributed by atoms with E-state index in [0.717, 1.165) is 0 Å². The van der Waals surface area contributed by atoms with Gasteiger partial charge in [-0.3, -0.25) is 14.9 Å². The van der Waals surface area contributed by atoms with Crippen LogP contribution >= 0.6 is 22.6 Å². The molecule has 0 aliphatic carbocycles. The number of benzene rings is 3. The molecule has 1 N–H and O–H groups in total. The third-order valence-corrected chi connectivity index (χ3v) is 5.89. The number of esters is 1. The van der Waals surface area contributed by atoms with Gasteiger partial charge < -0.3 is 19.5 Å². The molecule has 1 amide bonds. The van der Waals surface area contributed by atoms with Gasteiger partial charge in [0.2, 0.25) is 0 Å². The summed E-state index contributed by atoms with van der Waals surface area (Å²) in [4.78, 5) is 35.0. The van der Waals surface area contributed by atoms with E-state index in [9.17, 15) is 25.0 Å². The normalized spacial score (nSPS) is 10.7. The highest BCUT2D eigenvalue weighted by atomic mass is 127. The van der Waals surface area contributed by atoms with E-state index in [1.807, 2.05) is 28.7 Å². The summed E-state index contributed by atoms with van der Waals surface area (Å²) in [5.74, 6) is -0.317. The molecule has 0 saturated heterocycles. The number of nitro groups is 1. The van der Waals surface area contributed by atoms with E-state index in [1.165, 1.54) is 37.5 Å². The van der Waals surface area contributed by atoms with Crippen LogP contribution in [0.25, 0.3) is 6.08 Å². The number of nitriles is 1. The van der Waals surface area contributed by atoms with E-state index >= 15 is 0 Å². The molecule has 0 spiro atoms. The number of carbonyl (C=O) groups excluding carboxylic acids is 2. The number of rotatable bonds is 10. The quantitative estimate of drug-likeness (QED) is 0.0775. The predicted octanol–water partition coefficient (Wildman–Crippen LogP) is 5.51. The van der Waals surface area contributed by atoms with E-state index in [1.54, 1.807) is 43.3 Å². The zero-order valence-electron chi connectivity index (χ0n) is 20.4. The second-order valence-electron chi connectivity index (χ2n) is 7.67. The van der Waals surface area contributed by atoms with Crippen molar-refractivity contribution in [3.63, 3.8) is 0 Å². The molecule has 0 bridgehead atoms. The third kappa shape index (κ3) is 7.30. The molecule has 3 aromatic carbocycles. The zero-order valence-corrected chi connectivity index (χ0v) is 22.6. The van der Waals surface area contributed by atoms with Crippen LogP contribution in [0.5, 0.6) is 11.5 Å². The lowest BCUT2D eigenvalue weighted by atomic mass is 10.1. The first-order valence-electron chi connectivity index (χ1n) is 11.2. The van der Waals surface area contributed by atoms with Crippen LogP contribution in [0.1, 0.15) is 28.4 Å². The maximum atomic E-state index is 12.7. The predicted molar refractivity (Wildman–Crippen MR) is 148 cm³/mol.